The maximum atomic E-state index is 13.7. The molecule has 34 nitrogen and oxygen atoms in total. The van der Waals surface area contributed by atoms with Gasteiger partial charge in [-0.25, -0.2) is 32.9 Å². The topological polar surface area (TPSA) is 436 Å². The number of ether oxygens (including phenoxy) is 2. The normalized spacial score (nSPS) is 19.2. The summed E-state index contributed by atoms with van der Waals surface area (Å²) in [5.41, 5.74) is 13.3. The summed E-state index contributed by atoms with van der Waals surface area (Å²) in [6, 6.07) is 69.4. The van der Waals surface area contributed by atoms with Crippen molar-refractivity contribution in [2.75, 3.05) is 40.4 Å². The van der Waals surface area contributed by atoms with Gasteiger partial charge in [0, 0.05) is 82.0 Å². The molecular formula is C103H80F2N20O14. The monoisotopic (exact) mass is 1860 g/mol. The van der Waals surface area contributed by atoms with Crippen LogP contribution in [0.3, 0.4) is 0 Å². The largest absolute Gasteiger partial charge is 0.497 e. The highest BCUT2D eigenvalue weighted by molar-refractivity contribution is 6.12. The zero-order valence-corrected chi connectivity index (χ0v) is 74.1. The van der Waals surface area contributed by atoms with Gasteiger partial charge < -0.3 is 50.3 Å². The SMILES string of the molecule is COc1ccc2c(c1)C(=O)N(C[C@@]1(c3ccc(-c4ccc5n[nH]c(C)c5c4)cc3)NC(=O)NC1=O)C2.COc1ccc2c(c1)C(=O)N(C[C@@]1(c3ccc(-c4cnc5ccccn45)cc3)NC(=O)NC1=O)C2.O=C1NC(=O)[C@](CN2Cc3ccc(F)cc3C2=O)(c2ccc(-c3ccc4[nH]ncc4c3)cc2)N1.O=C1NC(=O)[C@](CN2Cc3ccc(F)cc3C2=O)(c2ccc(-c3ccc4cn[nH]c4c3)cc2)N1. The van der Waals surface area contributed by atoms with Crippen LogP contribution in [0.4, 0.5) is 28.0 Å². The Balaban J connectivity index is 0.000000110. The molecule has 11 aromatic carbocycles. The molecule has 16 aromatic rings. The summed E-state index contributed by atoms with van der Waals surface area (Å²) in [7, 11) is 3.09. The smallest absolute Gasteiger partial charge is 0.322 e. The van der Waals surface area contributed by atoms with E-state index < -0.39 is 81.5 Å². The number of hydrogen-bond acceptors (Lipinski definition) is 18. The first-order valence-electron chi connectivity index (χ1n) is 44.0. The standard InChI is InChI=1S/C27H23N5O4.C26H21N5O4.2C25H18FN5O3/c1-15-21-11-17(6-10-23(21)31-30-15)16-3-7-19(8-4-16)27(25(34)28-26(35)29-27)14-32-13-18-5-9-20(36-2)12-22(18)24(32)33;1-35-19-10-7-17-14-30(23(32)20(17)12-19)15-26(24(33)28-25(34)29-26)18-8-5-16(6-9-18)21-13-27-22-4-2-3-11-31(21)22;26-19-7-3-16-12-31(22(32)20(16)10-19)13-25(23(33)28-24(34)29-25)18-5-1-14(2-6-18)15-4-8-21-17(9-15)11-27-30-21;26-19-8-5-17-12-31(22(32)20(17)10-19)13-25(23(33)28-24(34)29-25)18-6-3-14(4-7-18)15-1-2-16-11-27-30-21(16)9-15/h3-12H,13-14H2,1-2H3,(H,30,31)(H2,28,29,34,35);2-13H,14-15H2,1H3,(H2,28,29,33,34);2*1-11H,12-13H2,(H,27,30)(H2,28,29,33,34)/t27-;26-;2*25-/m0000/s1. The number of aromatic amines is 3. The number of fused-ring (bicyclic) bond motifs is 8. The molecule has 5 aromatic heterocycles. The first kappa shape index (κ1) is 87.3. The Bertz CT molecular complexity index is 7670. The summed E-state index contributed by atoms with van der Waals surface area (Å²) in [5.74, 6) is -3.08. The number of amides is 16. The van der Waals surface area contributed by atoms with Crippen LogP contribution in [0.1, 0.15) is 91.6 Å². The van der Waals surface area contributed by atoms with Crippen LogP contribution >= 0.6 is 0 Å². The van der Waals surface area contributed by atoms with Crippen LogP contribution in [0.25, 0.3) is 83.0 Å². The molecule has 0 radical (unpaired) electrons. The fourth-order valence-corrected chi connectivity index (χ4v) is 19.3. The molecule has 0 aliphatic carbocycles. The number of halogens is 2. The predicted octanol–water partition coefficient (Wildman–Crippen LogP) is 12.1. The van der Waals surface area contributed by atoms with Crippen molar-refractivity contribution in [3.8, 4) is 56.1 Å². The van der Waals surface area contributed by atoms with Gasteiger partial charge in [-0.2, -0.15) is 15.3 Å². The van der Waals surface area contributed by atoms with E-state index in [0.29, 0.717) is 69.1 Å². The molecule has 4 saturated heterocycles. The summed E-state index contributed by atoms with van der Waals surface area (Å²) < 4.78 is 39.8. The van der Waals surface area contributed by atoms with Gasteiger partial charge in [0.15, 0.2) is 22.2 Å². The molecule has 8 aliphatic heterocycles. The first-order valence-corrected chi connectivity index (χ1v) is 44.0. The van der Waals surface area contributed by atoms with Gasteiger partial charge >= 0.3 is 24.1 Å². The van der Waals surface area contributed by atoms with E-state index in [0.717, 1.165) is 99.8 Å². The van der Waals surface area contributed by atoms with Crippen LogP contribution in [0.5, 0.6) is 11.5 Å². The number of imidazole rings is 1. The van der Waals surface area contributed by atoms with E-state index in [-0.39, 0.29) is 74.0 Å². The van der Waals surface area contributed by atoms with Crippen LogP contribution in [-0.2, 0) is 67.5 Å². The van der Waals surface area contributed by atoms with Gasteiger partial charge in [-0.15, -0.1) is 0 Å². The molecule has 139 heavy (non-hydrogen) atoms. The molecule has 8 aliphatic rings. The maximum Gasteiger partial charge on any atom is 0.322 e. The average Bonchev–Trinajstić information content (AvgIpc) is 1.61. The molecule has 4 atom stereocenters. The number of aryl methyl sites for hydroxylation is 1. The molecule has 0 spiro atoms. The van der Waals surface area contributed by atoms with Gasteiger partial charge in [0.1, 0.15) is 28.8 Å². The number of rotatable bonds is 18. The van der Waals surface area contributed by atoms with Crippen molar-refractivity contribution in [2.24, 2.45) is 0 Å². The molecule has 690 valence electrons. The molecule has 36 heteroatoms. The second-order valence-corrected chi connectivity index (χ2v) is 34.9. The van der Waals surface area contributed by atoms with Crippen molar-refractivity contribution in [3.05, 3.63) is 352 Å². The van der Waals surface area contributed by atoms with Crippen molar-refractivity contribution < 1.29 is 75.8 Å². The number of methoxy groups -OCH3 is 2. The van der Waals surface area contributed by atoms with Crippen molar-refractivity contribution >= 4 is 110 Å². The van der Waals surface area contributed by atoms with Gasteiger partial charge in [0.25, 0.3) is 47.3 Å². The van der Waals surface area contributed by atoms with Crippen molar-refractivity contribution in [1.82, 2.24) is 102 Å². The molecule has 0 unspecified atom stereocenters. The molecule has 0 bridgehead atoms. The molecule has 13 heterocycles. The van der Waals surface area contributed by atoms with Crippen molar-refractivity contribution in [2.45, 2.75) is 55.3 Å². The highest BCUT2D eigenvalue weighted by atomic mass is 19.1. The van der Waals surface area contributed by atoms with Crippen molar-refractivity contribution in [3.63, 3.8) is 0 Å². The summed E-state index contributed by atoms with van der Waals surface area (Å²) in [6.07, 6.45) is 7.22. The Hall–Kier alpha value is -18.4. The van der Waals surface area contributed by atoms with Crippen LogP contribution < -0.4 is 52.0 Å². The second kappa shape index (κ2) is 34.3. The first-order chi connectivity index (χ1) is 67.2. The van der Waals surface area contributed by atoms with E-state index in [4.69, 9.17) is 9.47 Å². The predicted molar refractivity (Wildman–Crippen MR) is 501 cm³/mol. The Labute approximate surface area is 786 Å². The minimum absolute atomic E-state index is 0.0000772. The van der Waals surface area contributed by atoms with Crippen LogP contribution in [0, 0.1) is 18.6 Å². The fraction of sp³-hybridized carbons (Fsp3) is 0.146. The molecular weight excluding hydrogens is 1780 g/mol. The van der Waals surface area contributed by atoms with Crippen LogP contribution in [-0.4, -0.2) is 171 Å². The lowest BCUT2D eigenvalue weighted by Gasteiger charge is -2.31. The van der Waals surface area contributed by atoms with E-state index in [1.807, 2.05) is 157 Å². The minimum atomic E-state index is -1.46. The summed E-state index contributed by atoms with van der Waals surface area (Å²) in [5, 5.41) is 44.5. The average molecular weight is 1860 g/mol. The lowest BCUT2D eigenvalue weighted by Crippen LogP contribution is -2.52. The Morgan fingerprint density at radius 1 is 0.353 bits per heavy atom. The lowest BCUT2D eigenvalue weighted by atomic mass is 9.88. The third kappa shape index (κ3) is 15.6. The number of carbonyl (C=O) groups excluding carboxylic acids is 12. The van der Waals surface area contributed by atoms with Crippen LogP contribution in [0.15, 0.2) is 267 Å². The van der Waals surface area contributed by atoms with Gasteiger partial charge in [-0.3, -0.25) is 79.3 Å². The molecule has 16 amide bonds. The van der Waals surface area contributed by atoms with Crippen LogP contribution in [0.2, 0.25) is 0 Å². The zero-order valence-electron chi connectivity index (χ0n) is 74.1. The molecule has 4 fully saturated rings. The maximum absolute atomic E-state index is 13.7. The minimum Gasteiger partial charge on any atom is -0.497 e. The number of pyridine rings is 1. The van der Waals surface area contributed by atoms with Gasteiger partial charge in [-0.1, -0.05) is 152 Å². The third-order valence-electron chi connectivity index (χ3n) is 26.6. The number of nitrogens with zero attached hydrogens (tertiary/aromatic N) is 9. The van der Waals surface area contributed by atoms with Gasteiger partial charge in [0.2, 0.25) is 0 Å². The fourth-order valence-electron chi connectivity index (χ4n) is 19.3. The van der Waals surface area contributed by atoms with E-state index in [2.05, 4.69) is 84.2 Å². The quantitative estimate of drug-likeness (QED) is 0.0355. The zero-order chi connectivity index (χ0) is 96.1. The second-order valence-electron chi connectivity index (χ2n) is 34.9. The van der Waals surface area contributed by atoms with E-state index >= 15 is 0 Å². The van der Waals surface area contributed by atoms with E-state index in [1.54, 1.807) is 115 Å². The van der Waals surface area contributed by atoms with Gasteiger partial charge in [0.05, 0.1) is 81.2 Å². The summed E-state index contributed by atoms with van der Waals surface area (Å²) in [4.78, 5) is 164. The highest BCUT2D eigenvalue weighted by Gasteiger charge is 2.55. The number of benzene rings is 11. The molecule has 0 saturated carbocycles. The summed E-state index contributed by atoms with van der Waals surface area (Å²) >= 11 is 0. The summed E-state index contributed by atoms with van der Waals surface area (Å²) in [6.45, 7) is 2.92. The number of carbonyl (C=O) groups is 12. The van der Waals surface area contributed by atoms with E-state index in [9.17, 15) is 66.3 Å². The number of nitrogens with one attached hydrogen (secondary N) is 11. The Morgan fingerprint density at radius 2 is 0.727 bits per heavy atom. The highest BCUT2D eigenvalue weighted by Crippen LogP contribution is 2.41. The number of urea groups is 4. The number of aromatic nitrogens is 8. The number of hydrogen-bond donors (Lipinski definition) is 11. The lowest BCUT2D eigenvalue weighted by molar-refractivity contribution is -0.125. The van der Waals surface area contributed by atoms with Crippen molar-refractivity contribution in [1.29, 1.82) is 0 Å². The number of imide groups is 4. The Morgan fingerprint density at radius 3 is 1.15 bits per heavy atom. The van der Waals surface area contributed by atoms with E-state index in [1.165, 1.54) is 34.1 Å². The Kier molecular flexibility index (Phi) is 21.5. The van der Waals surface area contributed by atoms with Gasteiger partial charge in [-0.05, 0) is 176 Å². The molecule has 24 rings (SSSR count). The number of H-pyrrole nitrogens is 3. The third-order valence-corrected chi connectivity index (χ3v) is 26.6. The molecule has 11 N–H and O–H groups in total.